The van der Waals surface area contributed by atoms with E-state index in [1.807, 2.05) is 0 Å². The van der Waals surface area contributed by atoms with E-state index in [9.17, 15) is 47.2 Å². The molecule has 0 radical (unpaired) electrons. The monoisotopic (exact) mass is 481 g/mol. The van der Waals surface area contributed by atoms with E-state index in [0.29, 0.717) is 12.1 Å². The summed E-state index contributed by atoms with van der Waals surface area (Å²) in [5, 5.41) is 31.8. The second-order valence-corrected chi connectivity index (χ2v) is 9.12. The highest BCUT2D eigenvalue weighted by Gasteiger charge is 2.35. The van der Waals surface area contributed by atoms with E-state index in [0.717, 1.165) is 12.1 Å². The summed E-state index contributed by atoms with van der Waals surface area (Å²) < 4.78 is 53.6. The van der Waals surface area contributed by atoms with Gasteiger partial charge in [0.1, 0.15) is 14.8 Å². The fourth-order valence-corrected chi connectivity index (χ4v) is 5.22. The lowest BCUT2D eigenvalue weighted by molar-refractivity contribution is -0.394. The Hall–Kier alpha value is -3.21. The predicted octanol–water partition coefficient (Wildman–Crippen LogP) is 2.47. The first-order valence-corrected chi connectivity index (χ1v) is 10.5. The average molecular weight is 482 g/mol. The van der Waals surface area contributed by atoms with Gasteiger partial charge in [0, 0.05) is 17.7 Å². The van der Waals surface area contributed by atoms with Crippen molar-refractivity contribution in [1.29, 1.82) is 0 Å². The largest absolute Gasteiger partial charge is 0.313 e. The fourth-order valence-electron chi connectivity index (χ4n) is 2.12. The molecule has 14 nitrogen and oxygen atoms in total. The molecular formula is C13H8ClN3O11S2. The van der Waals surface area contributed by atoms with Crippen molar-refractivity contribution in [1.82, 2.24) is 0 Å². The number of rotatable bonds is 7. The van der Waals surface area contributed by atoms with Crippen molar-refractivity contribution >= 4 is 48.9 Å². The molecule has 2 rings (SSSR count). The Labute approximate surface area is 172 Å². The highest BCUT2D eigenvalue weighted by atomic mass is 35.5. The Morgan fingerprint density at radius 2 is 1.40 bits per heavy atom. The van der Waals surface area contributed by atoms with Crippen molar-refractivity contribution in [3.8, 4) is 0 Å². The lowest BCUT2D eigenvalue weighted by Crippen LogP contribution is -2.15. The summed E-state index contributed by atoms with van der Waals surface area (Å²) in [5.41, 5.74) is -2.84. The van der Waals surface area contributed by atoms with E-state index < -0.39 is 66.9 Å². The van der Waals surface area contributed by atoms with Crippen LogP contribution in [0.1, 0.15) is 5.56 Å². The topological polar surface area (TPSA) is 207 Å². The number of hydrogen-bond donors (Lipinski definition) is 0. The molecule has 0 aliphatic heterocycles. The Balaban J connectivity index is 2.63. The number of hydrogen-bond acceptors (Lipinski definition) is 11. The minimum Gasteiger partial charge on any atom is -0.258 e. The van der Waals surface area contributed by atoms with Crippen molar-refractivity contribution in [2.45, 2.75) is 16.7 Å². The van der Waals surface area contributed by atoms with Crippen molar-refractivity contribution in [3.63, 3.8) is 0 Å². The third-order valence-electron chi connectivity index (χ3n) is 3.53. The van der Waals surface area contributed by atoms with Crippen LogP contribution in [0, 0.1) is 37.3 Å². The SMILES string of the molecule is Cc1ccc(S(=O)(=O)OS(=O)(=O)c2cc([N+](=O)[O-])cc([N+](=O)[O-])c2Cl)cc1[N+](=O)[O-]. The Bertz CT molecular complexity index is 1310. The molecule has 17 heteroatoms. The summed E-state index contributed by atoms with van der Waals surface area (Å²) >= 11 is 5.62. The summed E-state index contributed by atoms with van der Waals surface area (Å²) in [6.07, 6.45) is 0. The zero-order valence-corrected chi connectivity index (χ0v) is 16.8. The van der Waals surface area contributed by atoms with E-state index in [4.69, 9.17) is 11.6 Å². The van der Waals surface area contributed by atoms with Gasteiger partial charge < -0.3 is 0 Å². The van der Waals surface area contributed by atoms with Crippen molar-refractivity contribution in [3.05, 3.63) is 71.3 Å². The Kier molecular flexibility index (Phi) is 6.08. The van der Waals surface area contributed by atoms with E-state index in [-0.39, 0.29) is 11.6 Å². The van der Waals surface area contributed by atoms with Crippen LogP contribution in [0.3, 0.4) is 0 Å². The zero-order chi connectivity index (χ0) is 23.0. The smallest absolute Gasteiger partial charge is 0.258 e. The van der Waals surface area contributed by atoms with Crippen LogP contribution in [-0.2, 0) is 23.9 Å². The molecule has 0 aliphatic carbocycles. The molecule has 0 aromatic heterocycles. The van der Waals surface area contributed by atoms with Crippen LogP contribution < -0.4 is 0 Å². The van der Waals surface area contributed by atoms with Gasteiger partial charge >= 0.3 is 20.2 Å². The molecule has 0 atom stereocenters. The van der Waals surface area contributed by atoms with Gasteiger partial charge in [-0.3, -0.25) is 30.3 Å². The van der Waals surface area contributed by atoms with Crippen LogP contribution in [0.15, 0.2) is 40.1 Å². The van der Waals surface area contributed by atoms with Crippen LogP contribution in [0.2, 0.25) is 5.02 Å². The molecular weight excluding hydrogens is 474 g/mol. The van der Waals surface area contributed by atoms with Crippen LogP contribution in [0.5, 0.6) is 0 Å². The third-order valence-corrected chi connectivity index (χ3v) is 7.16. The summed E-state index contributed by atoms with van der Waals surface area (Å²) in [6.45, 7) is 1.30. The van der Waals surface area contributed by atoms with Gasteiger partial charge in [-0.2, -0.15) is 16.8 Å². The number of halogens is 1. The van der Waals surface area contributed by atoms with E-state index in [1.54, 1.807) is 0 Å². The first kappa shape index (κ1) is 23.1. The predicted molar refractivity (Wildman–Crippen MR) is 98.1 cm³/mol. The summed E-state index contributed by atoms with van der Waals surface area (Å²) in [4.78, 5) is 27.3. The van der Waals surface area contributed by atoms with Gasteiger partial charge in [-0.25, -0.2) is 0 Å². The molecule has 2 aromatic rings. The van der Waals surface area contributed by atoms with E-state index in [2.05, 4.69) is 3.63 Å². The molecule has 0 aliphatic rings. The fraction of sp³-hybridized carbons (Fsp3) is 0.0769. The van der Waals surface area contributed by atoms with E-state index in [1.165, 1.54) is 6.92 Å². The van der Waals surface area contributed by atoms with Crippen LogP contribution in [-0.4, -0.2) is 31.6 Å². The van der Waals surface area contributed by atoms with Gasteiger partial charge in [0.25, 0.3) is 17.1 Å². The van der Waals surface area contributed by atoms with Crippen LogP contribution in [0.4, 0.5) is 17.1 Å². The summed E-state index contributed by atoms with van der Waals surface area (Å²) in [7, 11) is -10.7. The molecule has 0 unspecified atom stereocenters. The summed E-state index contributed by atoms with van der Waals surface area (Å²) in [5.74, 6) is 0. The van der Waals surface area contributed by atoms with Crippen molar-refractivity contribution in [2.75, 3.05) is 0 Å². The zero-order valence-electron chi connectivity index (χ0n) is 14.4. The molecule has 0 fully saturated rings. The van der Waals surface area contributed by atoms with Crippen molar-refractivity contribution < 1.29 is 35.2 Å². The van der Waals surface area contributed by atoms with Crippen molar-refractivity contribution in [2.24, 2.45) is 0 Å². The first-order chi connectivity index (χ1) is 13.7. The molecule has 0 amide bonds. The van der Waals surface area contributed by atoms with Gasteiger partial charge in [0.05, 0.1) is 20.8 Å². The van der Waals surface area contributed by atoms with Gasteiger partial charge in [-0.15, -0.1) is 3.63 Å². The van der Waals surface area contributed by atoms with Crippen LogP contribution >= 0.6 is 11.6 Å². The maximum atomic E-state index is 12.4. The standard InChI is InChI=1S/C13H8ClN3O11S2/c1-7-2-3-9(6-10(7)16(20)21)29(24,25)28-30(26,27)12-5-8(15(18)19)4-11(13(12)14)17(22)23/h2-6H,1H3. The number of non-ortho nitro benzene ring substituents is 1. The second-order valence-electron chi connectivity index (χ2n) is 5.47. The molecule has 2 aromatic carbocycles. The van der Waals surface area contributed by atoms with Gasteiger partial charge in [0.2, 0.25) is 0 Å². The molecule has 160 valence electrons. The minimum atomic E-state index is -5.45. The normalized spacial score (nSPS) is 11.8. The average Bonchev–Trinajstić information content (AvgIpc) is 2.60. The molecule has 0 bridgehead atoms. The van der Waals surface area contributed by atoms with E-state index >= 15 is 0 Å². The maximum absolute atomic E-state index is 12.4. The molecule has 0 heterocycles. The number of nitro groups is 3. The quantitative estimate of drug-likeness (QED) is 0.414. The van der Waals surface area contributed by atoms with Gasteiger partial charge in [0.15, 0.2) is 0 Å². The lowest BCUT2D eigenvalue weighted by atomic mass is 10.2. The summed E-state index contributed by atoms with van der Waals surface area (Å²) in [6, 6.07) is 3.03. The second kappa shape index (κ2) is 7.90. The highest BCUT2D eigenvalue weighted by molar-refractivity contribution is 8.00. The third kappa shape index (κ3) is 4.51. The van der Waals surface area contributed by atoms with Gasteiger partial charge in [-0.1, -0.05) is 17.7 Å². The first-order valence-electron chi connectivity index (χ1n) is 7.26. The van der Waals surface area contributed by atoms with Gasteiger partial charge in [-0.05, 0) is 13.0 Å². The highest BCUT2D eigenvalue weighted by Crippen LogP contribution is 2.37. The molecule has 0 saturated carbocycles. The molecule has 0 spiro atoms. The Morgan fingerprint density at radius 3 is 1.90 bits per heavy atom. The number of nitro benzene ring substituents is 3. The Morgan fingerprint density at radius 1 is 0.833 bits per heavy atom. The molecule has 30 heavy (non-hydrogen) atoms. The number of benzene rings is 2. The maximum Gasteiger partial charge on any atom is 0.313 e. The molecule has 0 N–H and O–H groups in total. The minimum absolute atomic E-state index is 0.0687. The number of nitrogens with zero attached hydrogens (tertiary/aromatic N) is 3. The number of aryl methyl sites for hydroxylation is 1. The molecule has 0 saturated heterocycles. The lowest BCUT2D eigenvalue weighted by Gasteiger charge is -2.08. The van der Waals surface area contributed by atoms with Crippen LogP contribution in [0.25, 0.3) is 0 Å².